The Bertz CT molecular complexity index is 686. The molecule has 9 heteroatoms. The average molecular weight is 388 g/mol. The van der Waals surface area contributed by atoms with Crippen LogP contribution < -0.4 is 4.74 Å². The average Bonchev–Trinajstić information content (AvgIpc) is 2.55. The summed E-state index contributed by atoms with van der Waals surface area (Å²) in [6.07, 6.45) is 1.05. The van der Waals surface area contributed by atoms with Crippen LogP contribution in [0.25, 0.3) is 0 Å². The number of nitrogens with zero attached hydrogens (tertiary/aromatic N) is 3. The molecule has 3 heterocycles. The molecule has 2 amide bonds. The van der Waals surface area contributed by atoms with Crippen molar-refractivity contribution in [2.75, 3.05) is 19.6 Å². The van der Waals surface area contributed by atoms with Crippen LogP contribution in [0.15, 0.2) is 18.3 Å². The topological polar surface area (TPSA) is 62.7 Å². The van der Waals surface area contributed by atoms with Gasteiger partial charge in [0.15, 0.2) is 0 Å². The van der Waals surface area contributed by atoms with Gasteiger partial charge >= 0.3 is 6.09 Å². The monoisotopic (exact) mass is 387 g/mol. The van der Waals surface area contributed by atoms with E-state index in [1.165, 1.54) is 23.2 Å². The van der Waals surface area contributed by atoms with Crippen molar-refractivity contribution >= 4 is 23.6 Å². The van der Waals surface area contributed by atoms with Crippen LogP contribution in [0.3, 0.4) is 0 Å². The molecule has 0 spiro atoms. The number of halogens is 3. The van der Waals surface area contributed by atoms with Crippen molar-refractivity contribution in [3.8, 4) is 5.88 Å². The third-order valence-corrected chi connectivity index (χ3v) is 4.91. The standard InChI is InChI=1S/C17H20ClF2N3O3/c1-11-4-5-23(15(24)6-11)13-7-17(19,20)10-22(9-13)16(25)26-14-3-2-12(18)8-21-14/h2-3,8,11,13H,4-7,9-10H2,1H3/t11-,13?/m0/s1. The van der Waals surface area contributed by atoms with Gasteiger partial charge in [0.25, 0.3) is 5.92 Å². The van der Waals surface area contributed by atoms with Crippen LogP contribution in [0.2, 0.25) is 5.02 Å². The SMILES string of the molecule is C[C@H]1CCN(C2CN(C(=O)Oc3ccc(Cl)cn3)CC(F)(F)C2)C(=O)C1. The number of piperidine rings is 2. The highest BCUT2D eigenvalue weighted by Crippen LogP contribution is 2.32. The van der Waals surface area contributed by atoms with Crippen LogP contribution in [0.5, 0.6) is 5.88 Å². The predicted octanol–water partition coefficient (Wildman–Crippen LogP) is 3.20. The van der Waals surface area contributed by atoms with E-state index in [-0.39, 0.29) is 24.2 Å². The number of alkyl halides is 2. The Balaban J connectivity index is 1.70. The molecule has 3 rings (SSSR count). The zero-order valence-electron chi connectivity index (χ0n) is 14.3. The van der Waals surface area contributed by atoms with E-state index >= 15 is 0 Å². The van der Waals surface area contributed by atoms with Gasteiger partial charge in [-0.3, -0.25) is 9.69 Å². The van der Waals surface area contributed by atoms with Gasteiger partial charge in [-0.15, -0.1) is 0 Å². The summed E-state index contributed by atoms with van der Waals surface area (Å²) in [5.41, 5.74) is 0. The fourth-order valence-corrected chi connectivity index (χ4v) is 3.50. The van der Waals surface area contributed by atoms with Gasteiger partial charge in [0, 0.05) is 38.2 Å². The van der Waals surface area contributed by atoms with E-state index in [0.29, 0.717) is 18.0 Å². The molecule has 142 valence electrons. The number of ether oxygens (including phenoxy) is 1. The second-order valence-electron chi connectivity index (χ2n) is 6.96. The number of pyridine rings is 1. The molecule has 1 aromatic heterocycles. The van der Waals surface area contributed by atoms with E-state index in [0.717, 1.165) is 11.3 Å². The zero-order chi connectivity index (χ0) is 18.9. The van der Waals surface area contributed by atoms with Gasteiger partial charge in [0.1, 0.15) is 0 Å². The molecule has 0 radical (unpaired) electrons. The van der Waals surface area contributed by atoms with E-state index in [9.17, 15) is 18.4 Å². The molecule has 2 atom stereocenters. The first-order valence-corrected chi connectivity index (χ1v) is 8.87. The first kappa shape index (κ1) is 18.8. The first-order chi connectivity index (χ1) is 12.2. The molecule has 0 N–H and O–H groups in total. The number of carbonyl (C=O) groups is 2. The molecule has 26 heavy (non-hydrogen) atoms. The van der Waals surface area contributed by atoms with Crippen molar-refractivity contribution in [1.29, 1.82) is 0 Å². The van der Waals surface area contributed by atoms with Crippen molar-refractivity contribution in [1.82, 2.24) is 14.8 Å². The lowest BCUT2D eigenvalue weighted by molar-refractivity contribution is -0.144. The number of carbonyl (C=O) groups excluding carboxylic acids is 2. The van der Waals surface area contributed by atoms with Crippen LogP contribution in [0.4, 0.5) is 13.6 Å². The van der Waals surface area contributed by atoms with Gasteiger partial charge in [0.2, 0.25) is 11.8 Å². The summed E-state index contributed by atoms with van der Waals surface area (Å²) in [6, 6.07) is 2.15. The molecular weight excluding hydrogens is 368 g/mol. The molecule has 1 aromatic rings. The maximum absolute atomic E-state index is 14.2. The quantitative estimate of drug-likeness (QED) is 0.781. The van der Waals surface area contributed by atoms with Crippen LogP contribution >= 0.6 is 11.6 Å². The number of likely N-dealkylation sites (tertiary alicyclic amines) is 2. The largest absolute Gasteiger partial charge is 0.416 e. The number of amides is 2. The van der Waals surface area contributed by atoms with Crippen LogP contribution in [0.1, 0.15) is 26.2 Å². The summed E-state index contributed by atoms with van der Waals surface area (Å²) in [4.78, 5) is 30.8. The second-order valence-corrected chi connectivity index (χ2v) is 7.40. The van der Waals surface area contributed by atoms with Gasteiger partial charge in [-0.1, -0.05) is 18.5 Å². The molecular formula is C17H20ClF2N3O3. The molecule has 1 unspecified atom stereocenters. The van der Waals surface area contributed by atoms with Gasteiger partial charge in [-0.2, -0.15) is 0 Å². The number of rotatable bonds is 2. The van der Waals surface area contributed by atoms with Gasteiger partial charge < -0.3 is 9.64 Å². The summed E-state index contributed by atoms with van der Waals surface area (Å²) >= 11 is 5.71. The Kier molecular flexibility index (Phi) is 5.32. The minimum atomic E-state index is -3.08. The highest BCUT2D eigenvalue weighted by Gasteiger charge is 2.46. The minimum absolute atomic E-state index is 0.0160. The number of hydrogen-bond acceptors (Lipinski definition) is 4. The van der Waals surface area contributed by atoms with Crippen molar-refractivity contribution in [2.45, 2.75) is 38.2 Å². The second kappa shape index (κ2) is 7.34. The van der Waals surface area contributed by atoms with E-state index in [1.54, 1.807) is 0 Å². The van der Waals surface area contributed by atoms with Gasteiger partial charge in [-0.05, 0) is 18.4 Å². The summed E-state index contributed by atoms with van der Waals surface area (Å²) in [5, 5.41) is 0.368. The molecule has 0 aromatic carbocycles. The van der Waals surface area contributed by atoms with Gasteiger partial charge in [-0.25, -0.2) is 18.6 Å². The predicted molar refractivity (Wildman–Crippen MR) is 90.3 cm³/mol. The third-order valence-electron chi connectivity index (χ3n) is 4.68. The molecule has 2 saturated heterocycles. The first-order valence-electron chi connectivity index (χ1n) is 8.49. The van der Waals surface area contributed by atoms with Gasteiger partial charge in [0.05, 0.1) is 17.6 Å². The molecule has 2 aliphatic rings. The third kappa shape index (κ3) is 4.41. The molecule has 0 saturated carbocycles. The fourth-order valence-electron chi connectivity index (χ4n) is 3.38. The molecule has 6 nitrogen and oxygen atoms in total. The zero-order valence-corrected chi connectivity index (χ0v) is 15.1. The minimum Gasteiger partial charge on any atom is -0.391 e. The van der Waals surface area contributed by atoms with Crippen LogP contribution in [-0.4, -0.2) is 58.4 Å². The Labute approximate surface area is 155 Å². The van der Waals surface area contributed by atoms with Crippen molar-refractivity contribution in [2.24, 2.45) is 5.92 Å². The summed E-state index contributed by atoms with van der Waals surface area (Å²) in [7, 11) is 0. The van der Waals surface area contributed by atoms with E-state index < -0.39 is 31.0 Å². The fraction of sp³-hybridized carbons (Fsp3) is 0.588. The summed E-state index contributed by atoms with van der Waals surface area (Å²) < 4.78 is 33.5. The van der Waals surface area contributed by atoms with Crippen molar-refractivity contribution in [3.63, 3.8) is 0 Å². The van der Waals surface area contributed by atoms with Crippen LogP contribution in [-0.2, 0) is 4.79 Å². The Hall–Kier alpha value is -1.96. The number of hydrogen-bond donors (Lipinski definition) is 0. The normalized spacial score (nSPS) is 25.9. The maximum atomic E-state index is 14.2. The Morgan fingerprint density at radius 1 is 1.42 bits per heavy atom. The molecule has 2 fully saturated rings. The summed E-state index contributed by atoms with van der Waals surface area (Å²) in [5.74, 6) is -3.00. The van der Waals surface area contributed by atoms with Crippen molar-refractivity contribution < 1.29 is 23.1 Å². The lowest BCUT2D eigenvalue weighted by Crippen LogP contribution is -2.59. The van der Waals surface area contributed by atoms with E-state index in [4.69, 9.17) is 16.3 Å². The van der Waals surface area contributed by atoms with E-state index in [2.05, 4.69) is 4.98 Å². The lowest BCUT2D eigenvalue weighted by atomic mass is 9.94. The highest BCUT2D eigenvalue weighted by molar-refractivity contribution is 6.30. The van der Waals surface area contributed by atoms with Crippen molar-refractivity contribution in [3.05, 3.63) is 23.4 Å². The Morgan fingerprint density at radius 3 is 2.85 bits per heavy atom. The van der Waals surface area contributed by atoms with E-state index in [1.807, 2.05) is 6.92 Å². The molecule has 0 aliphatic carbocycles. The lowest BCUT2D eigenvalue weighted by Gasteiger charge is -2.43. The maximum Gasteiger partial charge on any atom is 0.416 e. The highest BCUT2D eigenvalue weighted by atomic mass is 35.5. The Morgan fingerprint density at radius 2 is 2.19 bits per heavy atom. The molecule has 2 aliphatic heterocycles. The smallest absolute Gasteiger partial charge is 0.391 e. The number of aromatic nitrogens is 1. The molecule has 0 bridgehead atoms. The summed E-state index contributed by atoms with van der Waals surface area (Å²) in [6.45, 7) is 1.67. The van der Waals surface area contributed by atoms with Crippen LogP contribution in [0, 0.1) is 5.92 Å².